The van der Waals surface area contributed by atoms with Crippen molar-refractivity contribution in [1.29, 1.82) is 0 Å². The van der Waals surface area contributed by atoms with Gasteiger partial charge in [0.05, 0.1) is 13.2 Å². The van der Waals surface area contributed by atoms with Crippen molar-refractivity contribution in [3.63, 3.8) is 0 Å². The molecule has 1 fully saturated rings. The lowest BCUT2D eigenvalue weighted by atomic mass is 10.0. The summed E-state index contributed by atoms with van der Waals surface area (Å²) in [5, 5.41) is -0.170. The minimum absolute atomic E-state index is 0.0987. The van der Waals surface area contributed by atoms with Crippen molar-refractivity contribution in [2.45, 2.75) is 39.5 Å². The summed E-state index contributed by atoms with van der Waals surface area (Å²) in [7, 11) is 0. The zero-order valence-electron chi connectivity index (χ0n) is 12.4. The van der Waals surface area contributed by atoms with E-state index in [2.05, 4.69) is 11.8 Å². The number of carbonyl (C=O) groups excluding carboxylic acids is 1. The van der Waals surface area contributed by atoms with Crippen molar-refractivity contribution in [3.8, 4) is 0 Å². The van der Waals surface area contributed by atoms with E-state index < -0.39 is 0 Å². The standard InChI is InChI=1S/C8H15ClO.C6H14N2O/c1-3-5-6-7(4-2)8(9)10;7-1-2-8-3-5-9-6-4-8/h7H,3-6H2,1-2H3;1-7H2. The van der Waals surface area contributed by atoms with Gasteiger partial charge in [0.25, 0.3) is 0 Å². The second-order valence-corrected chi connectivity index (χ2v) is 5.17. The van der Waals surface area contributed by atoms with Crippen molar-refractivity contribution >= 4 is 16.8 Å². The summed E-state index contributed by atoms with van der Waals surface area (Å²) in [4.78, 5) is 13.0. The van der Waals surface area contributed by atoms with Crippen LogP contribution < -0.4 is 5.73 Å². The van der Waals surface area contributed by atoms with Crippen molar-refractivity contribution in [1.82, 2.24) is 4.90 Å². The van der Waals surface area contributed by atoms with Gasteiger partial charge in [-0.15, -0.1) is 0 Å². The number of carbonyl (C=O) groups is 1. The van der Waals surface area contributed by atoms with Crippen molar-refractivity contribution < 1.29 is 9.53 Å². The van der Waals surface area contributed by atoms with Crippen LogP contribution in [0.4, 0.5) is 0 Å². The lowest BCUT2D eigenvalue weighted by molar-refractivity contribution is -0.115. The van der Waals surface area contributed by atoms with Crippen LogP contribution in [0.3, 0.4) is 0 Å². The zero-order chi connectivity index (χ0) is 14.5. The molecule has 1 saturated heterocycles. The third-order valence-electron chi connectivity index (χ3n) is 3.27. The lowest BCUT2D eigenvalue weighted by Crippen LogP contribution is -2.39. The van der Waals surface area contributed by atoms with Gasteiger partial charge in [0.2, 0.25) is 5.24 Å². The Morgan fingerprint density at radius 1 is 1.37 bits per heavy atom. The van der Waals surface area contributed by atoms with E-state index in [1.165, 1.54) is 0 Å². The van der Waals surface area contributed by atoms with Gasteiger partial charge in [0.1, 0.15) is 0 Å². The fourth-order valence-corrected chi connectivity index (χ4v) is 2.20. The van der Waals surface area contributed by atoms with Crippen LogP contribution >= 0.6 is 11.6 Å². The maximum atomic E-state index is 10.6. The highest BCUT2D eigenvalue weighted by atomic mass is 35.5. The summed E-state index contributed by atoms with van der Waals surface area (Å²) in [5.41, 5.74) is 5.38. The molecule has 0 aliphatic carbocycles. The Morgan fingerprint density at radius 2 is 2.00 bits per heavy atom. The summed E-state index contributed by atoms with van der Waals surface area (Å²) in [6.45, 7) is 9.75. The van der Waals surface area contributed by atoms with E-state index >= 15 is 0 Å². The highest BCUT2D eigenvalue weighted by Crippen LogP contribution is 2.14. The molecule has 1 atom stereocenters. The Morgan fingerprint density at radius 3 is 2.42 bits per heavy atom. The quantitative estimate of drug-likeness (QED) is 0.731. The first kappa shape index (κ1) is 18.8. The molecule has 0 spiro atoms. The first-order valence-electron chi connectivity index (χ1n) is 7.35. The van der Waals surface area contributed by atoms with Gasteiger partial charge in [0.15, 0.2) is 0 Å². The Balaban J connectivity index is 0.000000342. The maximum Gasteiger partial charge on any atom is 0.224 e. The SMILES string of the molecule is CCCCC(CC)C(=O)Cl.NCCN1CCOCC1. The lowest BCUT2D eigenvalue weighted by Gasteiger charge is -2.25. The highest BCUT2D eigenvalue weighted by Gasteiger charge is 2.11. The van der Waals surface area contributed by atoms with Gasteiger partial charge >= 0.3 is 0 Å². The third kappa shape index (κ3) is 10.3. The fraction of sp³-hybridized carbons (Fsp3) is 0.929. The molecule has 1 unspecified atom stereocenters. The van der Waals surface area contributed by atoms with E-state index in [1.807, 2.05) is 6.92 Å². The van der Waals surface area contributed by atoms with Gasteiger partial charge in [-0.25, -0.2) is 0 Å². The summed E-state index contributed by atoms with van der Waals surface area (Å²) < 4.78 is 5.16. The molecular formula is C14H29ClN2O2. The number of rotatable bonds is 7. The molecule has 0 amide bonds. The van der Waals surface area contributed by atoms with Crippen LogP contribution in [0.25, 0.3) is 0 Å². The Labute approximate surface area is 122 Å². The van der Waals surface area contributed by atoms with Crippen molar-refractivity contribution in [2.24, 2.45) is 11.7 Å². The van der Waals surface area contributed by atoms with Crippen LogP contribution in [-0.2, 0) is 9.53 Å². The molecule has 0 aromatic heterocycles. The zero-order valence-corrected chi connectivity index (χ0v) is 13.1. The molecule has 1 rings (SSSR count). The Hall–Kier alpha value is -0.160. The number of hydrogen-bond donors (Lipinski definition) is 1. The molecule has 4 nitrogen and oxygen atoms in total. The van der Waals surface area contributed by atoms with Crippen molar-refractivity contribution in [2.75, 3.05) is 39.4 Å². The second-order valence-electron chi connectivity index (χ2n) is 4.79. The van der Waals surface area contributed by atoms with Crippen LogP contribution in [-0.4, -0.2) is 49.5 Å². The minimum atomic E-state index is -0.170. The molecule has 114 valence electrons. The second kappa shape index (κ2) is 12.9. The smallest absolute Gasteiger partial charge is 0.224 e. The van der Waals surface area contributed by atoms with E-state index in [0.717, 1.165) is 65.1 Å². The van der Waals surface area contributed by atoms with Gasteiger partial charge in [-0.2, -0.15) is 0 Å². The molecule has 1 heterocycles. The summed E-state index contributed by atoms with van der Waals surface area (Å²) in [6.07, 6.45) is 4.08. The van der Waals surface area contributed by atoms with E-state index in [9.17, 15) is 4.79 Å². The van der Waals surface area contributed by atoms with Gasteiger partial charge in [-0.3, -0.25) is 9.69 Å². The van der Waals surface area contributed by atoms with Crippen LogP contribution in [0.5, 0.6) is 0 Å². The normalized spacial score (nSPS) is 17.5. The monoisotopic (exact) mass is 292 g/mol. The Kier molecular flexibility index (Phi) is 12.7. The molecule has 0 aromatic carbocycles. The third-order valence-corrected chi connectivity index (χ3v) is 3.58. The number of halogens is 1. The molecular weight excluding hydrogens is 264 g/mol. The van der Waals surface area contributed by atoms with E-state index in [1.54, 1.807) is 0 Å². The van der Waals surface area contributed by atoms with Gasteiger partial charge < -0.3 is 10.5 Å². The predicted molar refractivity (Wildman–Crippen MR) is 80.5 cm³/mol. The van der Waals surface area contributed by atoms with Gasteiger partial charge in [0, 0.05) is 32.1 Å². The molecule has 1 aliphatic heterocycles. The first-order valence-corrected chi connectivity index (χ1v) is 7.72. The first-order chi connectivity index (χ1) is 9.15. The molecule has 0 bridgehead atoms. The largest absolute Gasteiger partial charge is 0.379 e. The Bertz CT molecular complexity index is 219. The highest BCUT2D eigenvalue weighted by molar-refractivity contribution is 6.63. The van der Waals surface area contributed by atoms with Crippen molar-refractivity contribution in [3.05, 3.63) is 0 Å². The summed E-state index contributed by atoms with van der Waals surface area (Å²) in [5.74, 6) is 0.0987. The van der Waals surface area contributed by atoms with Crippen LogP contribution in [0.2, 0.25) is 0 Å². The number of hydrogen-bond acceptors (Lipinski definition) is 4. The van der Waals surface area contributed by atoms with E-state index in [4.69, 9.17) is 22.1 Å². The summed E-state index contributed by atoms with van der Waals surface area (Å²) >= 11 is 5.34. The molecule has 0 aromatic rings. The maximum absolute atomic E-state index is 10.6. The number of ether oxygens (including phenoxy) is 1. The number of unbranched alkanes of at least 4 members (excludes halogenated alkanes) is 1. The number of nitrogens with two attached hydrogens (primary N) is 1. The van der Waals surface area contributed by atoms with Crippen LogP contribution in [0.1, 0.15) is 39.5 Å². The molecule has 1 aliphatic rings. The summed E-state index contributed by atoms with van der Waals surface area (Å²) in [6, 6.07) is 0. The topological polar surface area (TPSA) is 55.6 Å². The molecule has 0 saturated carbocycles. The average molecular weight is 293 g/mol. The molecule has 19 heavy (non-hydrogen) atoms. The van der Waals surface area contributed by atoms with Gasteiger partial charge in [-0.05, 0) is 24.4 Å². The van der Waals surface area contributed by atoms with Crippen LogP contribution in [0.15, 0.2) is 0 Å². The molecule has 2 N–H and O–H groups in total. The van der Waals surface area contributed by atoms with E-state index in [-0.39, 0.29) is 11.2 Å². The van der Waals surface area contributed by atoms with Gasteiger partial charge in [-0.1, -0.05) is 26.7 Å². The fourth-order valence-electron chi connectivity index (χ4n) is 1.94. The molecule has 5 heteroatoms. The average Bonchev–Trinajstić information content (AvgIpc) is 2.41. The molecule has 0 radical (unpaired) electrons. The predicted octanol–water partition coefficient (Wildman–Crippen LogP) is 2.25. The number of morpholine rings is 1. The van der Waals surface area contributed by atoms with E-state index in [0.29, 0.717) is 0 Å². The van der Waals surface area contributed by atoms with Crippen LogP contribution in [0, 0.1) is 5.92 Å². The number of nitrogens with zero attached hydrogens (tertiary/aromatic N) is 1. The minimum Gasteiger partial charge on any atom is -0.379 e.